The lowest BCUT2D eigenvalue weighted by molar-refractivity contribution is -0.0441. The highest BCUT2D eigenvalue weighted by molar-refractivity contribution is 7.47. The van der Waals surface area contributed by atoms with Gasteiger partial charge >= 0.3 is 16.1 Å². The minimum atomic E-state index is -4.98. The highest BCUT2D eigenvalue weighted by atomic mass is 31.2. The van der Waals surface area contributed by atoms with Crippen LogP contribution in [-0.4, -0.2) is 91.8 Å². The van der Waals surface area contributed by atoms with Crippen molar-refractivity contribution in [3.63, 3.8) is 0 Å². The predicted octanol–water partition coefficient (Wildman–Crippen LogP) is 0.569. The van der Waals surface area contributed by atoms with E-state index in [0.29, 0.717) is 11.2 Å². The average molecular weight is 696 g/mol. The molecule has 11 atom stereocenters. The van der Waals surface area contributed by atoms with E-state index in [2.05, 4.69) is 29.9 Å². The van der Waals surface area contributed by atoms with Crippen molar-refractivity contribution in [2.45, 2.75) is 63.7 Å². The molecule has 1 aliphatic heterocycles. The van der Waals surface area contributed by atoms with E-state index in [4.69, 9.17) is 29.6 Å². The number of aromatic amines is 1. The van der Waals surface area contributed by atoms with Crippen LogP contribution in [0.4, 0.5) is 11.8 Å². The highest BCUT2D eigenvalue weighted by Crippen LogP contribution is 2.59. The fourth-order valence-corrected chi connectivity index (χ4v) is 9.24. The third-order valence-electron chi connectivity index (χ3n) is 9.95. The maximum atomic E-state index is 13.6. The fourth-order valence-electron chi connectivity index (χ4n) is 7.17. The van der Waals surface area contributed by atoms with Crippen LogP contribution in [0.3, 0.4) is 0 Å². The fraction of sp³-hybridized carbons (Fsp3) is 0.600. The number of aliphatic hydroxyl groups excluding tert-OH is 2. The molecular weight excluding hydrogens is 662 g/mol. The van der Waals surface area contributed by atoms with Gasteiger partial charge in [0.05, 0.1) is 37.4 Å². The van der Waals surface area contributed by atoms with E-state index in [1.54, 1.807) is 25.3 Å². The summed E-state index contributed by atoms with van der Waals surface area (Å²) in [5.41, 5.74) is 9.28. The summed E-state index contributed by atoms with van der Waals surface area (Å²) in [6, 6.07) is -1.71. The minimum absolute atomic E-state index is 0.0491. The van der Waals surface area contributed by atoms with Crippen LogP contribution >= 0.6 is 16.1 Å². The van der Waals surface area contributed by atoms with Crippen molar-refractivity contribution >= 4 is 50.2 Å². The summed E-state index contributed by atoms with van der Waals surface area (Å²) in [4.78, 5) is 46.7. The Bertz CT molecular complexity index is 2010. The van der Waals surface area contributed by atoms with Crippen molar-refractivity contribution in [1.82, 2.24) is 39.0 Å². The summed E-state index contributed by atoms with van der Waals surface area (Å²) in [6.45, 7) is 4.12. The SMILES string of the molecule is C[C@@H]1[C@@H](n2cnc3c(=O)[nH]c(N)nc32)[C@@H]2OP(=O)(O)OC[C@@]3(C)C[C@@H](n4cnc5c(N)ncnc54)[C@H](O)[C@@H]3O[P+](=O)OC[C@]1(C)[C@H]2O. The Labute approximate surface area is 266 Å². The zero-order valence-electron chi connectivity index (χ0n) is 25.3. The quantitative estimate of drug-likeness (QED) is 0.156. The first-order valence-corrected chi connectivity index (χ1v) is 17.2. The van der Waals surface area contributed by atoms with Crippen molar-refractivity contribution in [3.05, 3.63) is 29.3 Å². The van der Waals surface area contributed by atoms with Gasteiger partial charge in [-0.1, -0.05) is 20.8 Å². The topological polar surface area (TPSA) is 291 Å². The van der Waals surface area contributed by atoms with Crippen LogP contribution in [-0.2, 0) is 27.2 Å². The van der Waals surface area contributed by atoms with Gasteiger partial charge in [-0.05, 0) is 12.3 Å². The molecule has 2 saturated carbocycles. The summed E-state index contributed by atoms with van der Waals surface area (Å²) >= 11 is 0. The second kappa shape index (κ2) is 11.0. The first-order valence-electron chi connectivity index (χ1n) is 14.6. The number of nitrogens with one attached hydrogen (secondary N) is 1. The van der Waals surface area contributed by atoms with E-state index in [0.717, 1.165) is 0 Å². The van der Waals surface area contributed by atoms with Crippen LogP contribution in [0.1, 0.15) is 39.3 Å². The number of fused-ring (bicyclic) bond motifs is 5. The van der Waals surface area contributed by atoms with E-state index in [9.17, 15) is 29.0 Å². The van der Waals surface area contributed by atoms with Crippen LogP contribution in [0, 0.1) is 16.7 Å². The summed E-state index contributed by atoms with van der Waals surface area (Å²) in [6.07, 6.45) is -1.40. The molecule has 0 aromatic carbocycles. The molecule has 22 heteroatoms. The van der Waals surface area contributed by atoms with Crippen LogP contribution in [0.2, 0.25) is 0 Å². The van der Waals surface area contributed by atoms with E-state index in [-0.39, 0.29) is 36.0 Å². The Balaban J connectivity index is 1.25. The first kappa shape index (κ1) is 32.1. The molecule has 47 heavy (non-hydrogen) atoms. The van der Waals surface area contributed by atoms with Crippen molar-refractivity contribution < 1.29 is 42.3 Å². The number of hydrogen-bond acceptors (Lipinski definition) is 16. The molecular formula is C25H33N10O10P2+. The van der Waals surface area contributed by atoms with E-state index >= 15 is 0 Å². The van der Waals surface area contributed by atoms with Crippen molar-refractivity contribution in [2.24, 2.45) is 16.7 Å². The molecule has 3 fully saturated rings. The largest absolute Gasteiger partial charge is 0.697 e. The van der Waals surface area contributed by atoms with Crippen LogP contribution in [0.25, 0.3) is 22.3 Å². The molecule has 7 rings (SSSR count). The number of rotatable bonds is 2. The number of anilines is 2. The molecule has 5 heterocycles. The summed E-state index contributed by atoms with van der Waals surface area (Å²) in [5, 5.41) is 23.1. The number of nitrogens with two attached hydrogens (primary N) is 2. The Morgan fingerprint density at radius 3 is 2.57 bits per heavy atom. The predicted molar refractivity (Wildman–Crippen MR) is 161 cm³/mol. The van der Waals surface area contributed by atoms with Gasteiger partial charge in [-0.25, -0.2) is 24.5 Å². The number of aromatic nitrogens is 8. The molecule has 8 N–H and O–H groups in total. The molecule has 0 spiro atoms. The lowest BCUT2D eigenvalue weighted by atomic mass is 9.79. The zero-order valence-corrected chi connectivity index (χ0v) is 27.1. The Hall–Kier alpha value is -3.45. The lowest BCUT2D eigenvalue weighted by Crippen LogP contribution is -2.40. The maximum absolute atomic E-state index is 13.6. The second-order valence-electron chi connectivity index (χ2n) is 12.8. The summed E-state index contributed by atoms with van der Waals surface area (Å²) in [7, 11) is -7.89. The molecule has 0 radical (unpaired) electrons. The van der Waals surface area contributed by atoms with Gasteiger partial charge in [0, 0.05) is 15.4 Å². The number of phosphoric ester groups is 1. The number of nitrogen functional groups attached to an aromatic ring is 2. The third kappa shape index (κ3) is 5.06. The molecule has 252 valence electrons. The molecule has 2 aliphatic carbocycles. The number of hydrogen-bond donors (Lipinski definition) is 6. The van der Waals surface area contributed by atoms with Gasteiger partial charge in [-0.15, -0.1) is 9.05 Å². The Kier molecular flexibility index (Phi) is 7.55. The lowest BCUT2D eigenvalue weighted by Gasteiger charge is -2.31. The van der Waals surface area contributed by atoms with Gasteiger partial charge in [-0.3, -0.25) is 18.8 Å². The number of nitrogens with zero attached hydrogens (tertiary/aromatic N) is 7. The molecule has 4 aromatic heterocycles. The molecule has 4 aromatic rings. The van der Waals surface area contributed by atoms with Crippen LogP contribution in [0.15, 0.2) is 23.8 Å². The Morgan fingerprint density at radius 1 is 1.09 bits per heavy atom. The van der Waals surface area contributed by atoms with Gasteiger partial charge < -0.3 is 35.7 Å². The number of aliphatic hydroxyl groups is 2. The molecule has 2 bridgehead atoms. The number of phosphoric acid groups is 1. The highest BCUT2D eigenvalue weighted by Gasteiger charge is 2.62. The van der Waals surface area contributed by atoms with E-state index in [1.165, 1.54) is 23.5 Å². The molecule has 1 saturated heterocycles. The Morgan fingerprint density at radius 2 is 1.81 bits per heavy atom. The van der Waals surface area contributed by atoms with Gasteiger partial charge in [0.15, 0.2) is 28.7 Å². The van der Waals surface area contributed by atoms with Crippen molar-refractivity contribution in [3.8, 4) is 0 Å². The number of H-pyrrole nitrogens is 1. The van der Waals surface area contributed by atoms with Gasteiger partial charge in [0.2, 0.25) is 5.95 Å². The van der Waals surface area contributed by atoms with E-state index < -0.39 is 81.5 Å². The van der Waals surface area contributed by atoms with Crippen molar-refractivity contribution in [2.75, 3.05) is 24.7 Å². The summed E-state index contributed by atoms with van der Waals surface area (Å²) < 4.78 is 52.8. The normalized spacial score (nSPS) is 39.0. The number of imidazole rings is 2. The van der Waals surface area contributed by atoms with Gasteiger partial charge in [-0.2, -0.15) is 4.98 Å². The molecule has 3 aliphatic rings. The first-order chi connectivity index (χ1) is 22.1. The maximum Gasteiger partial charge on any atom is 0.697 e. The standard InChI is InChI=1S/C25H32N10O10P2/c1-10-14(35-9-31-13-21(35)32-23(27)33-22(13)38)16-17(37)25(10,3)6-42-46(39)44-18-15(36)11(4-24(18,2)5-43-47(40,41)45-16)34-8-30-12-19(26)28-7-29-20(12)34/h7-11,14-18,36-37H,4-6H2,1-3H3,(H5-,26,27,28,29,32,33,38,40,41)/p+1/t10-,11-,14-,15+,16+,17+,18+,24-,25+/m1/s1. The average Bonchev–Trinajstić information content (AvgIpc) is 3.73. The van der Waals surface area contributed by atoms with Crippen LogP contribution < -0.4 is 17.0 Å². The molecule has 0 amide bonds. The third-order valence-corrected chi connectivity index (χ3v) is 11.7. The van der Waals surface area contributed by atoms with Gasteiger partial charge in [0.25, 0.3) is 5.56 Å². The summed E-state index contributed by atoms with van der Waals surface area (Å²) in [5.74, 6) is -0.688. The smallest absolute Gasteiger partial charge is 0.390 e. The second-order valence-corrected chi connectivity index (χ2v) is 15.2. The molecule has 2 unspecified atom stereocenters. The monoisotopic (exact) mass is 695 g/mol. The van der Waals surface area contributed by atoms with E-state index in [1.807, 2.05) is 0 Å². The zero-order chi connectivity index (χ0) is 33.6. The van der Waals surface area contributed by atoms with Crippen molar-refractivity contribution in [1.29, 1.82) is 0 Å². The van der Waals surface area contributed by atoms with Crippen LogP contribution in [0.5, 0.6) is 0 Å². The minimum Gasteiger partial charge on any atom is -0.390 e. The van der Waals surface area contributed by atoms with Gasteiger partial charge in [0.1, 0.15) is 30.7 Å². The molecule has 20 nitrogen and oxygen atoms in total.